The second kappa shape index (κ2) is 10.4. The Kier molecular flexibility index (Phi) is 8.41. The molecule has 1 aromatic carbocycles. The van der Waals surface area contributed by atoms with Crippen molar-refractivity contribution in [3.05, 3.63) is 29.8 Å². The average molecular weight is 468 g/mol. The van der Waals surface area contributed by atoms with Gasteiger partial charge in [-0.15, -0.1) is 0 Å². The first-order valence-corrected chi connectivity index (χ1v) is 12.1. The van der Waals surface area contributed by atoms with Crippen LogP contribution in [-0.4, -0.2) is 74.2 Å². The molecule has 0 saturated carbocycles. The SMILES string of the molecule is CCN(CC(=O)NC(C)(C)C)C(=O)C1CCN(S(=O)(=O)c2ccccc2C(=O)OC)CC1. The number of esters is 1. The summed E-state index contributed by atoms with van der Waals surface area (Å²) in [6.07, 6.45) is 0.686. The van der Waals surface area contributed by atoms with Crippen molar-refractivity contribution in [1.82, 2.24) is 14.5 Å². The van der Waals surface area contributed by atoms with Gasteiger partial charge in [-0.3, -0.25) is 9.59 Å². The molecule has 1 saturated heterocycles. The Hall–Kier alpha value is -2.46. The number of benzene rings is 1. The third-order valence-corrected chi connectivity index (χ3v) is 7.21. The van der Waals surface area contributed by atoms with E-state index in [1.165, 1.54) is 28.4 Å². The van der Waals surface area contributed by atoms with Crippen molar-refractivity contribution in [3.8, 4) is 0 Å². The van der Waals surface area contributed by atoms with Gasteiger partial charge in [0.25, 0.3) is 0 Å². The Labute approximate surface area is 190 Å². The fraction of sp³-hybridized carbons (Fsp3) is 0.591. The van der Waals surface area contributed by atoms with Crippen LogP contribution in [-0.2, 0) is 24.3 Å². The first-order chi connectivity index (χ1) is 14.9. The molecule has 32 heavy (non-hydrogen) atoms. The molecule has 0 spiro atoms. The zero-order chi connectivity index (χ0) is 24.1. The lowest BCUT2D eigenvalue weighted by atomic mass is 9.96. The topological polar surface area (TPSA) is 113 Å². The van der Waals surface area contributed by atoms with Crippen molar-refractivity contribution in [1.29, 1.82) is 0 Å². The molecule has 1 aromatic rings. The van der Waals surface area contributed by atoms with Crippen LogP contribution in [0, 0.1) is 5.92 Å². The monoisotopic (exact) mass is 467 g/mol. The number of methoxy groups -OCH3 is 1. The van der Waals surface area contributed by atoms with Gasteiger partial charge in [0.2, 0.25) is 21.8 Å². The molecule has 1 fully saturated rings. The third kappa shape index (κ3) is 6.29. The van der Waals surface area contributed by atoms with Gasteiger partial charge < -0.3 is 15.0 Å². The fourth-order valence-corrected chi connectivity index (χ4v) is 5.34. The summed E-state index contributed by atoms with van der Waals surface area (Å²) in [6, 6.07) is 5.92. The summed E-state index contributed by atoms with van der Waals surface area (Å²) in [5.74, 6) is -1.46. The Morgan fingerprint density at radius 1 is 1.16 bits per heavy atom. The minimum atomic E-state index is -3.92. The van der Waals surface area contributed by atoms with E-state index in [1.807, 2.05) is 27.7 Å². The number of ether oxygens (including phenoxy) is 1. The summed E-state index contributed by atoms with van der Waals surface area (Å²) in [5, 5.41) is 2.85. The van der Waals surface area contributed by atoms with E-state index >= 15 is 0 Å². The number of sulfonamides is 1. The maximum absolute atomic E-state index is 13.1. The van der Waals surface area contributed by atoms with E-state index in [2.05, 4.69) is 5.32 Å². The number of hydrogen-bond donors (Lipinski definition) is 1. The lowest BCUT2D eigenvalue weighted by Gasteiger charge is -2.33. The summed E-state index contributed by atoms with van der Waals surface area (Å²) in [5.41, 5.74) is -0.407. The summed E-state index contributed by atoms with van der Waals surface area (Å²) in [6.45, 7) is 8.09. The van der Waals surface area contributed by atoms with Gasteiger partial charge in [-0.25, -0.2) is 13.2 Å². The average Bonchev–Trinajstić information content (AvgIpc) is 2.75. The largest absolute Gasteiger partial charge is 0.465 e. The van der Waals surface area contributed by atoms with E-state index in [9.17, 15) is 22.8 Å². The Bertz CT molecular complexity index is 947. The van der Waals surface area contributed by atoms with Crippen LogP contribution in [0.3, 0.4) is 0 Å². The second-order valence-corrected chi connectivity index (χ2v) is 10.7. The van der Waals surface area contributed by atoms with E-state index in [0.29, 0.717) is 19.4 Å². The zero-order valence-corrected chi connectivity index (χ0v) is 20.2. The highest BCUT2D eigenvalue weighted by molar-refractivity contribution is 7.89. The number of piperidine rings is 1. The first kappa shape index (κ1) is 25.8. The normalized spacial score (nSPS) is 15.8. The molecule has 0 aromatic heterocycles. The molecule has 178 valence electrons. The highest BCUT2D eigenvalue weighted by Crippen LogP contribution is 2.27. The molecule has 1 aliphatic heterocycles. The molecule has 2 amide bonds. The number of likely N-dealkylation sites (N-methyl/N-ethyl adjacent to an activating group) is 1. The van der Waals surface area contributed by atoms with E-state index in [1.54, 1.807) is 12.1 Å². The van der Waals surface area contributed by atoms with Crippen molar-refractivity contribution in [2.24, 2.45) is 5.92 Å². The third-order valence-electron chi connectivity index (χ3n) is 5.26. The van der Waals surface area contributed by atoms with Gasteiger partial charge in [0.05, 0.1) is 24.1 Å². The van der Waals surface area contributed by atoms with Crippen LogP contribution < -0.4 is 5.32 Å². The molecule has 1 N–H and O–H groups in total. The lowest BCUT2D eigenvalue weighted by Crippen LogP contribution is -2.49. The smallest absolute Gasteiger partial charge is 0.339 e. The number of carbonyl (C=O) groups excluding carboxylic acids is 3. The molecule has 0 radical (unpaired) electrons. The first-order valence-electron chi connectivity index (χ1n) is 10.7. The van der Waals surface area contributed by atoms with Gasteiger partial charge in [0.15, 0.2) is 0 Å². The molecule has 2 rings (SSSR count). The molecule has 0 aliphatic carbocycles. The highest BCUT2D eigenvalue weighted by Gasteiger charge is 2.35. The van der Waals surface area contributed by atoms with Crippen LogP contribution in [0.2, 0.25) is 0 Å². The van der Waals surface area contributed by atoms with E-state index in [4.69, 9.17) is 4.74 Å². The van der Waals surface area contributed by atoms with Crippen molar-refractivity contribution in [2.75, 3.05) is 33.3 Å². The van der Waals surface area contributed by atoms with Crippen LogP contribution in [0.15, 0.2) is 29.2 Å². The van der Waals surface area contributed by atoms with Crippen molar-refractivity contribution >= 4 is 27.8 Å². The Morgan fingerprint density at radius 2 is 1.75 bits per heavy atom. The van der Waals surface area contributed by atoms with E-state index < -0.39 is 16.0 Å². The lowest BCUT2D eigenvalue weighted by molar-refractivity contribution is -0.140. The predicted molar refractivity (Wildman–Crippen MR) is 119 cm³/mol. The van der Waals surface area contributed by atoms with E-state index in [0.717, 1.165) is 0 Å². The number of rotatable bonds is 7. The summed E-state index contributed by atoms with van der Waals surface area (Å²) in [4.78, 5) is 38.6. The van der Waals surface area contributed by atoms with Gasteiger partial charge in [0, 0.05) is 31.1 Å². The molecule has 0 bridgehead atoms. The van der Waals surface area contributed by atoms with Crippen LogP contribution in [0.4, 0.5) is 0 Å². The Balaban J connectivity index is 2.07. The molecule has 1 heterocycles. The van der Waals surface area contributed by atoms with Crippen LogP contribution >= 0.6 is 0 Å². The zero-order valence-electron chi connectivity index (χ0n) is 19.4. The number of nitrogens with zero attached hydrogens (tertiary/aromatic N) is 2. The molecule has 9 nitrogen and oxygen atoms in total. The summed E-state index contributed by atoms with van der Waals surface area (Å²) in [7, 11) is -2.72. The fourth-order valence-electron chi connectivity index (χ4n) is 3.69. The summed E-state index contributed by atoms with van der Waals surface area (Å²) < 4.78 is 32.3. The van der Waals surface area contributed by atoms with Gasteiger partial charge in [-0.05, 0) is 52.7 Å². The van der Waals surface area contributed by atoms with Crippen molar-refractivity contribution in [3.63, 3.8) is 0 Å². The number of hydrogen-bond acceptors (Lipinski definition) is 6. The van der Waals surface area contributed by atoms with Crippen molar-refractivity contribution in [2.45, 2.75) is 51.0 Å². The standard InChI is InChI=1S/C22H33N3O6S/c1-6-24(15-19(26)23-22(2,3)4)20(27)16-11-13-25(14-12-16)32(29,30)18-10-8-7-9-17(18)21(28)31-5/h7-10,16H,6,11-15H2,1-5H3,(H,23,26). The van der Waals surface area contributed by atoms with E-state index in [-0.39, 0.29) is 53.4 Å². The number of amides is 2. The van der Waals surface area contributed by atoms with Crippen LogP contribution in [0.5, 0.6) is 0 Å². The highest BCUT2D eigenvalue weighted by atomic mass is 32.2. The Morgan fingerprint density at radius 3 is 2.28 bits per heavy atom. The van der Waals surface area contributed by atoms with Gasteiger partial charge in [-0.2, -0.15) is 4.31 Å². The minimum Gasteiger partial charge on any atom is -0.465 e. The molecule has 0 atom stereocenters. The number of nitrogens with one attached hydrogen (secondary N) is 1. The van der Waals surface area contributed by atoms with Crippen molar-refractivity contribution < 1.29 is 27.5 Å². The molecule has 10 heteroatoms. The summed E-state index contributed by atoms with van der Waals surface area (Å²) >= 11 is 0. The maximum atomic E-state index is 13.1. The maximum Gasteiger partial charge on any atom is 0.339 e. The van der Waals surface area contributed by atoms with Gasteiger partial charge >= 0.3 is 5.97 Å². The van der Waals surface area contributed by atoms with Gasteiger partial charge in [0.1, 0.15) is 0 Å². The van der Waals surface area contributed by atoms with Crippen LogP contribution in [0.25, 0.3) is 0 Å². The van der Waals surface area contributed by atoms with Crippen LogP contribution in [0.1, 0.15) is 50.9 Å². The second-order valence-electron chi connectivity index (χ2n) is 8.82. The minimum absolute atomic E-state index is 0.0183. The predicted octanol–water partition coefficient (Wildman–Crippen LogP) is 1.64. The number of carbonyl (C=O) groups is 3. The molecule has 1 aliphatic rings. The quantitative estimate of drug-likeness (QED) is 0.610. The molecular weight excluding hydrogens is 434 g/mol. The van der Waals surface area contributed by atoms with Gasteiger partial charge in [-0.1, -0.05) is 12.1 Å². The molecule has 0 unspecified atom stereocenters. The molecular formula is C22H33N3O6S.